The zero-order chi connectivity index (χ0) is 15.4. The van der Waals surface area contributed by atoms with Gasteiger partial charge in [-0.05, 0) is 42.7 Å². The third kappa shape index (κ3) is 3.34. The van der Waals surface area contributed by atoms with Gasteiger partial charge in [-0.3, -0.25) is 4.79 Å². The fourth-order valence-electron chi connectivity index (χ4n) is 2.16. The lowest BCUT2D eigenvalue weighted by atomic mass is 9.98. The summed E-state index contributed by atoms with van der Waals surface area (Å²) in [5.41, 5.74) is 1.15. The smallest absolute Gasteiger partial charge is 0.200 e. The van der Waals surface area contributed by atoms with Gasteiger partial charge in [-0.15, -0.1) is 0 Å². The Morgan fingerprint density at radius 2 is 1.57 bits per heavy atom. The third-order valence-corrected chi connectivity index (χ3v) is 3.35. The van der Waals surface area contributed by atoms with Crippen LogP contribution in [0.4, 0.5) is 0 Å². The minimum Gasteiger partial charge on any atom is -0.508 e. The van der Waals surface area contributed by atoms with Gasteiger partial charge in [-0.1, -0.05) is 19.4 Å². The molecule has 21 heavy (non-hydrogen) atoms. The molecule has 0 aliphatic rings. The summed E-state index contributed by atoms with van der Waals surface area (Å²) in [5, 5.41) is 29.0. The first-order valence-corrected chi connectivity index (χ1v) is 6.91. The van der Waals surface area contributed by atoms with Crippen LogP contribution in [0, 0.1) is 0 Å². The predicted molar refractivity (Wildman–Crippen MR) is 79.9 cm³/mol. The van der Waals surface area contributed by atoms with Crippen LogP contribution >= 0.6 is 0 Å². The Morgan fingerprint density at radius 3 is 2.14 bits per heavy atom. The van der Waals surface area contributed by atoms with E-state index in [0.717, 1.165) is 30.9 Å². The summed E-state index contributed by atoms with van der Waals surface area (Å²) in [5.74, 6) is -1.01. The highest BCUT2D eigenvalue weighted by atomic mass is 16.3. The number of aryl methyl sites for hydroxylation is 1. The summed E-state index contributed by atoms with van der Waals surface area (Å²) >= 11 is 0. The number of phenolic OH excluding ortho intramolecular Hbond substituents is 3. The van der Waals surface area contributed by atoms with Gasteiger partial charge in [0.15, 0.2) is 5.78 Å². The molecule has 0 fully saturated rings. The number of phenols is 3. The first-order chi connectivity index (χ1) is 10.0. The van der Waals surface area contributed by atoms with E-state index in [-0.39, 0.29) is 28.4 Å². The highest BCUT2D eigenvalue weighted by Crippen LogP contribution is 2.28. The van der Waals surface area contributed by atoms with Gasteiger partial charge in [0.2, 0.25) is 0 Å². The van der Waals surface area contributed by atoms with Crippen molar-refractivity contribution in [2.24, 2.45) is 0 Å². The Hall–Kier alpha value is -2.49. The van der Waals surface area contributed by atoms with Gasteiger partial charge in [-0.2, -0.15) is 0 Å². The van der Waals surface area contributed by atoms with E-state index in [1.165, 1.54) is 12.1 Å². The van der Waals surface area contributed by atoms with Gasteiger partial charge in [0, 0.05) is 6.07 Å². The summed E-state index contributed by atoms with van der Waals surface area (Å²) in [6, 6.07) is 8.70. The number of hydrogen-bond donors (Lipinski definition) is 3. The highest BCUT2D eigenvalue weighted by molar-refractivity contribution is 6.12. The number of aromatic hydroxyl groups is 3. The Balaban J connectivity index is 2.31. The van der Waals surface area contributed by atoms with Crippen molar-refractivity contribution in [1.82, 2.24) is 0 Å². The maximum Gasteiger partial charge on any atom is 0.200 e. The van der Waals surface area contributed by atoms with Crippen LogP contribution in [0.1, 0.15) is 41.3 Å². The second kappa shape index (κ2) is 6.31. The van der Waals surface area contributed by atoms with Crippen LogP contribution < -0.4 is 0 Å². The summed E-state index contributed by atoms with van der Waals surface area (Å²) in [6.07, 6.45) is 2.93. The SMILES string of the molecule is CCCCc1ccc(C(=O)c2ccc(O)cc2O)c(O)c1. The van der Waals surface area contributed by atoms with E-state index < -0.39 is 5.78 Å². The van der Waals surface area contributed by atoms with Gasteiger partial charge in [0.05, 0.1) is 11.1 Å². The molecule has 0 aliphatic heterocycles. The number of ketones is 1. The van der Waals surface area contributed by atoms with Crippen LogP contribution in [0.25, 0.3) is 0 Å². The largest absolute Gasteiger partial charge is 0.508 e. The fourth-order valence-corrected chi connectivity index (χ4v) is 2.16. The molecule has 0 radical (unpaired) electrons. The number of rotatable bonds is 5. The molecule has 4 nitrogen and oxygen atoms in total. The van der Waals surface area contributed by atoms with Gasteiger partial charge in [-0.25, -0.2) is 0 Å². The van der Waals surface area contributed by atoms with Gasteiger partial charge >= 0.3 is 0 Å². The van der Waals surface area contributed by atoms with E-state index in [1.807, 2.05) is 0 Å². The summed E-state index contributed by atoms with van der Waals surface area (Å²) < 4.78 is 0. The van der Waals surface area contributed by atoms with Gasteiger partial charge < -0.3 is 15.3 Å². The lowest BCUT2D eigenvalue weighted by Crippen LogP contribution is -2.02. The molecule has 2 aromatic carbocycles. The maximum atomic E-state index is 12.3. The number of carbonyl (C=O) groups is 1. The van der Waals surface area contributed by atoms with Crippen LogP contribution in [-0.2, 0) is 6.42 Å². The van der Waals surface area contributed by atoms with E-state index in [9.17, 15) is 20.1 Å². The average Bonchev–Trinajstić information content (AvgIpc) is 2.44. The van der Waals surface area contributed by atoms with Crippen LogP contribution in [0.2, 0.25) is 0 Å². The lowest BCUT2D eigenvalue weighted by Gasteiger charge is -2.08. The zero-order valence-electron chi connectivity index (χ0n) is 11.8. The molecular weight excluding hydrogens is 268 g/mol. The van der Waals surface area contributed by atoms with Crippen molar-refractivity contribution in [3.05, 3.63) is 53.1 Å². The van der Waals surface area contributed by atoms with Crippen molar-refractivity contribution in [1.29, 1.82) is 0 Å². The van der Waals surface area contributed by atoms with Crippen molar-refractivity contribution >= 4 is 5.78 Å². The fraction of sp³-hybridized carbons (Fsp3) is 0.235. The molecular formula is C17H18O4. The van der Waals surface area contributed by atoms with Crippen molar-refractivity contribution < 1.29 is 20.1 Å². The molecule has 110 valence electrons. The second-order valence-corrected chi connectivity index (χ2v) is 4.99. The first kappa shape index (κ1) is 14.9. The summed E-state index contributed by atoms with van der Waals surface area (Å²) in [6.45, 7) is 2.09. The van der Waals surface area contributed by atoms with E-state index >= 15 is 0 Å². The standard InChI is InChI=1S/C17H18O4/c1-2-3-4-11-5-7-13(15(19)9-11)17(21)14-8-6-12(18)10-16(14)20/h5-10,18-20H,2-4H2,1H3. The predicted octanol–water partition coefficient (Wildman–Crippen LogP) is 3.38. The topological polar surface area (TPSA) is 77.8 Å². The van der Waals surface area contributed by atoms with Crippen molar-refractivity contribution in [3.8, 4) is 17.2 Å². The molecule has 0 atom stereocenters. The molecule has 0 saturated heterocycles. The quantitative estimate of drug-likeness (QED) is 0.736. The lowest BCUT2D eigenvalue weighted by molar-refractivity contribution is 0.103. The number of carbonyl (C=O) groups excluding carboxylic acids is 1. The molecule has 0 unspecified atom stereocenters. The van der Waals surface area contributed by atoms with E-state index in [0.29, 0.717) is 0 Å². The molecule has 3 N–H and O–H groups in total. The second-order valence-electron chi connectivity index (χ2n) is 4.99. The van der Waals surface area contributed by atoms with Crippen LogP contribution in [0.3, 0.4) is 0 Å². The van der Waals surface area contributed by atoms with Crippen LogP contribution in [0.15, 0.2) is 36.4 Å². The third-order valence-electron chi connectivity index (χ3n) is 3.35. The number of hydrogen-bond acceptors (Lipinski definition) is 4. The molecule has 0 amide bonds. The number of unbranched alkanes of at least 4 members (excludes halogenated alkanes) is 1. The molecule has 0 aromatic heterocycles. The molecule has 4 heteroatoms. The molecule has 0 spiro atoms. The summed E-state index contributed by atoms with van der Waals surface area (Å²) in [4.78, 5) is 12.3. The normalized spacial score (nSPS) is 10.5. The van der Waals surface area contributed by atoms with Crippen LogP contribution in [0.5, 0.6) is 17.2 Å². The van der Waals surface area contributed by atoms with E-state index in [1.54, 1.807) is 18.2 Å². The molecule has 0 saturated carbocycles. The number of benzene rings is 2. The van der Waals surface area contributed by atoms with Crippen LogP contribution in [-0.4, -0.2) is 21.1 Å². The maximum absolute atomic E-state index is 12.3. The highest BCUT2D eigenvalue weighted by Gasteiger charge is 2.17. The molecule has 0 heterocycles. The van der Waals surface area contributed by atoms with E-state index in [2.05, 4.69) is 6.92 Å². The monoisotopic (exact) mass is 286 g/mol. The first-order valence-electron chi connectivity index (χ1n) is 6.91. The average molecular weight is 286 g/mol. The van der Waals surface area contributed by atoms with Crippen molar-refractivity contribution in [2.75, 3.05) is 0 Å². The zero-order valence-corrected chi connectivity index (χ0v) is 11.8. The van der Waals surface area contributed by atoms with Crippen molar-refractivity contribution in [3.63, 3.8) is 0 Å². The van der Waals surface area contributed by atoms with Crippen molar-refractivity contribution in [2.45, 2.75) is 26.2 Å². The molecule has 0 bridgehead atoms. The Bertz CT molecular complexity index is 662. The minimum atomic E-state index is -0.480. The summed E-state index contributed by atoms with van der Waals surface area (Å²) in [7, 11) is 0. The van der Waals surface area contributed by atoms with Gasteiger partial charge in [0.25, 0.3) is 0 Å². The molecule has 2 rings (SSSR count). The Morgan fingerprint density at radius 1 is 0.952 bits per heavy atom. The Labute approximate surface area is 123 Å². The van der Waals surface area contributed by atoms with Gasteiger partial charge in [0.1, 0.15) is 17.2 Å². The molecule has 2 aromatic rings. The minimum absolute atomic E-state index is 0.0457. The molecule has 0 aliphatic carbocycles. The Kier molecular flexibility index (Phi) is 4.48. The van der Waals surface area contributed by atoms with E-state index in [4.69, 9.17) is 0 Å².